The Labute approximate surface area is 183 Å². The summed E-state index contributed by atoms with van der Waals surface area (Å²) >= 11 is 0. The van der Waals surface area contributed by atoms with Crippen LogP contribution < -0.4 is 4.74 Å². The SMILES string of the molecule is CO/N=C(/C(=O)OC)c1cccc(C)c1CO/N=C(\C)c1ccc(OC)cc1C(F)(F)F. The summed E-state index contributed by atoms with van der Waals surface area (Å²) < 4.78 is 50.0. The van der Waals surface area contributed by atoms with E-state index in [9.17, 15) is 18.0 Å². The van der Waals surface area contributed by atoms with Crippen molar-refractivity contribution in [1.82, 2.24) is 0 Å². The molecular weight excluding hydrogens is 429 g/mol. The van der Waals surface area contributed by atoms with Crippen molar-refractivity contribution in [2.45, 2.75) is 26.6 Å². The monoisotopic (exact) mass is 452 g/mol. The van der Waals surface area contributed by atoms with Gasteiger partial charge in [0.2, 0.25) is 0 Å². The second kappa shape index (κ2) is 10.7. The molecule has 0 radical (unpaired) electrons. The number of aryl methyl sites for hydroxylation is 1. The molecule has 2 aromatic carbocycles. The van der Waals surface area contributed by atoms with Crippen LogP contribution in [-0.2, 0) is 32.0 Å². The third-order valence-corrected chi connectivity index (χ3v) is 4.56. The highest BCUT2D eigenvalue weighted by Gasteiger charge is 2.34. The summed E-state index contributed by atoms with van der Waals surface area (Å²) in [7, 11) is 3.78. The van der Waals surface area contributed by atoms with Crippen LogP contribution in [0.4, 0.5) is 13.2 Å². The van der Waals surface area contributed by atoms with E-state index in [1.807, 2.05) is 0 Å². The van der Waals surface area contributed by atoms with E-state index in [-0.39, 0.29) is 29.3 Å². The van der Waals surface area contributed by atoms with Gasteiger partial charge < -0.3 is 19.1 Å². The van der Waals surface area contributed by atoms with Gasteiger partial charge in [0.15, 0.2) is 5.71 Å². The van der Waals surface area contributed by atoms with Crippen molar-refractivity contribution < 1.29 is 37.1 Å². The summed E-state index contributed by atoms with van der Waals surface area (Å²) in [5, 5.41) is 7.59. The molecule has 0 amide bonds. The van der Waals surface area contributed by atoms with Crippen LogP contribution in [0.5, 0.6) is 5.75 Å². The first-order valence-corrected chi connectivity index (χ1v) is 9.34. The van der Waals surface area contributed by atoms with Crippen molar-refractivity contribution in [2.75, 3.05) is 21.3 Å². The number of nitrogens with zero attached hydrogens (tertiary/aromatic N) is 2. The van der Waals surface area contributed by atoms with Crippen molar-refractivity contribution in [3.05, 3.63) is 64.2 Å². The van der Waals surface area contributed by atoms with Crippen molar-refractivity contribution in [3.8, 4) is 5.75 Å². The second-order valence-electron chi connectivity index (χ2n) is 6.57. The summed E-state index contributed by atoms with van der Waals surface area (Å²) in [5.74, 6) is -0.640. The lowest BCUT2D eigenvalue weighted by Gasteiger charge is -2.15. The Morgan fingerprint density at radius 1 is 1.03 bits per heavy atom. The molecular formula is C22H23F3N2O5. The summed E-state index contributed by atoms with van der Waals surface area (Å²) in [4.78, 5) is 22.2. The summed E-state index contributed by atoms with van der Waals surface area (Å²) in [6.45, 7) is 3.06. The Kier molecular flexibility index (Phi) is 8.22. The highest BCUT2D eigenvalue weighted by molar-refractivity contribution is 6.43. The predicted octanol–water partition coefficient (Wildman–Crippen LogP) is 4.49. The number of hydrogen-bond donors (Lipinski definition) is 0. The summed E-state index contributed by atoms with van der Waals surface area (Å²) in [6.07, 6.45) is -4.60. The fraction of sp³-hybridized carbons (Fsp3) is 0.318. The minimum atomic E-state index is -4.60. The van der Waals surface area contributed by atoms with Gasteiger partial charge in [-0.2, -0.15) is 13.2 Å². The van der Waals surface area contributed by atoms with Gasteiger partial charge in [0.05, 0.1) is 25.5 Å². The molecule has 0 N–H and O–H groups in total. The van der Waals surface area contributed by atoms with E-state index in [0.717, 1.165) is 11.6 Å². The number of hydrogen-bond acceptors (Lipinski definition) is 7. The molecule has 0 aromatic heterocycles. The number of halogens is 3. The number of esters is 1. The third-order valence-electron chi connectivity index (χ3n) is 4.56. The Morgan fingerprint density at radius 3 is 2.34 bits per heavy atom. The fourth-order valence-corrected chi connectivity index (χ4v) is 2.94. The van der Waals surface area contributed by atoms with Gasteiger partial charge in [0.25, 0.3) is 0 Å². The molecule has 32 heavy (non-hydrogen) atoms. The quantitative estimate of drug-likeness (QED) is 0.335. The van der Waals surface area contributed by atoms with Crippen LogP contribution in [-0.4, -0.2) is 38.7 Å². The molecule has 0 saturated heterocycles. The number of benzene rings is 2. The van der Waals surface area contributed by atoms with Crippen LogP contribution in [0.1, 0.15) is 34.7 Å². The number of rotatable bonds is 8. The van der Waals surface area contributed by atoms with Crippen molar-refractivity contribution in [1.29, 1.82) is 0 Å². The molecule has 10 heteroatoms. The molecule has 0 bridgehead atoms. The zero-order valence-electron chi connectivity index (χ0n) is 18.2. The van der Waals surface area contributed by atoms with Crippen LogP contribution in [0.15, 0.2) is 46.7 Å². The predicted molar refractivity (Wildman–Crippen MR) is 112 cm³/mol. The smallest absolute Gasteiger partial charge is 0.417 e. The molecule has 172 valence electrons. The van der Waals surface area contributed by atoms with E-state index in [1.54, 1.807) is 25.1 Å². The molecule has 0 spiro atoms. The normalized spacial score (nSPS) is 12.4. The number of carbonyl (C=O) groups excluding carboxylic acids is 1. The van der Waals surface area contributed by atoms with E-state index in [1.165, 1.54) is 40.4 Å². The molecule has 2 rings (SSSR count). The molecule has 0 unspecified atom stereocenters. The van der Waals surface area contributed by atoms with Gasteiger partial charge in [0, 0.05) is 16.7 Å². The molecule has 0 atom stereocenters. The van der Waals surface area contributed by atoms with Gasteiger partial charge in [-0.1, -0.05) is 28.5 Å². The maximum atomic E-state index is 13.5. The highest BCUT2D eigenvalue weighted by Crippen LogP contribution is 2.34. The molecule has 0 heterocycles. The Morgan fingerprint density at radius 2 is 1.75 bits per heavy atom. The highest BCUT2D eigenvalue weighted by atomic mass is 19.4. The lowest BCUT2D eigenvalue weighted by atomic mass is 9.99. The molecule has 0 saturated carbocycles. The summed E-state index contributed by atoms with van der Waals surface area (Å²) in [5.41, 5.74) is 0.617. The average Bonchev–Trinajstić information content (AvgIpc) is 2.77. The number of alkyl halides is 3. The zero-order chi connectivity index (χ0) is 23.9. The maximum Gasteiger partial charge on any atom is 0.417 e. The van der Waals surface area contributed by atoms with Crippen LogP contribution in [0, 0.1) is 6.92 Å². The molecule has 7 nitrogen and oxygen atoms in total. The lowest BCUT2D eigenvalue weighted by Crippen LogP contribution is -2.20. The first-order chi connectivity index (χ1) is 15.1. The van der Waals surface area contributed by atoms with Gasteiger partial charge in [-0.25, -0.2) is 4.79 Å². The van der Waals surface area contributed by atoms with Crippen molar-refractivity contribution in [3.63, 3.8) is 0 Å². The number of oxime groups is 2. The molecule has 0 aliphatic rings. The minimum Gasteiger partial charge on any atom is -0.497 e. The van der Waals surface area contributed by atoms with E-state index in [4.69, 9.17) is 19.1 Å². The van der Waals surface area contributed by atoms with Crippen LogP contribution >= 0.6 is 0 Å². The van der Waals surface area contributed by atoms with E-state index >= 15 is 0 Å². The molecule has 0 fully saturated rings. The second-order valence-corrected chi connectivity index (χ2v) is 6.57. The molecule has 0 aliphatic carbocycles. The van der Waals surface area contributed by atoms with E-state index in [0.29, 0.717) is 11.1 Å². The zero-order valence-corrected chi connectivity index (χ0v) is 18.2. The van der Waals surface area contributed by atoms with E-state index < -0.39 is 17.7 Å². The Balaban J connectivity index is 2.37. The number of ether oxygens (including phenoxy) is 2. The van der Waals surface area contributed by atoms with Gasteiger partial charge in [0.1, 0.15) is 19.5 Å². The topological polar surface area (TPSA) is 78.7 Å². The first-order valence-electron chi connectivity index (χ1n) is 9.34. The first kappa shape index (κ1) is 24.7. The maximum absolute atomic E-state index is 13.5. The summed E-state index contributed by atoms with van der Waals surface area (Å²) in [6, 6.07) is 8.70. The lowest BCUT2D eigenvalue weighted by molar-refractivity contribution is -0.137. The van der Waals surface area contributed by atoms with Gasteiger partial charge in [-0.05, 0) is 37.6 Å². The van der Waals surface area contributed by atoms with Crippen molar-refractivity contribution >= 4 is 17.4 Å². The van der Waals surface area contributed by atoms with E-state index in [2.05, 4.69) is 10.3 Å². The minimum absolute atomic E-state index is 0.0221. The standard InChI is InChI=1S/C22H23F3N2O5/c1-13-7-6-8-17(20(27-31-5)21(28)30-4)18(13)12-32-26-14(2)16-10-9-15(29-3)11-19(16)22(23,24)25/h6-11H,12H2,1-5H3/b26-14+,27-20+. The average molecular weight is 452 g/mol. The fourth-order valence-electron chi connectivity index (χ4n) is 2.94. The van der Waals surface area contributed by atoms with Gasteiger partial charge >= 0.3 is 12.1 Å². The molecule has 0 aliphatic heterocycles. The number of methoxy groups -OCH3 is 2. The van der Waals surface area contributed by atoms with Crippen molar-refractivity contribution in [2.24, 2.45) is 10.3 Å². The van der Waals surface area contributed by atoms with Crippen LogP contribution in [0.3, 0.4) is 0 Å². The van der Waals surface area contributed by atoms with Gasteiger partial charge in [-0.15, -0.1) is 0 Å². The third kappa shape index (κ3) is 5.77. The van der Waals surface area contributed by atoms with Crippen LogP contribution in [0.25, 0.3) is 0 Å². The number of carbonyl (C=O) groups is 1. The Bertz CT molecular complexity index is 1030. The largest absolute Gasteiger partial charge is 0.497 e. The molecule has 2 aromatic rings. The Hall–Kier alpha value is -3.56. The van der Waals surface area contributed by atoms with Gasteiger partial charge in [-0.3, -0.25) is 0 Å². The van der Waals surface area contributed by atoms with Crippen LogP contribution in [0.2, 0.25) is 0 Å².